The largest absolute Gasteiger partial charge is 0.480 e. The Morgan fingerprint density at radius 2 is 1.84 bits per heavy atom. The number of ether oxygens (including phenoxy) is 1. The van der Waals surface area contributed by atoms with Gasteiger partial charge in [-0.3, -0.25) is 0 Å². The van der Waals surface area contributed by atoms with Crippen LogP contribution in [-0.2, 0) is 22.6 Å². The minimum atomic E-state index is -1.07. The number of carboxylic acids is 1. The number of alkyl carbamates (subject to hydrolysis) is 1. The van der Waals surface area contributed by atoms with Crippen molar-refractivity contribution < 1.29 is 19.4 Å². The number of carbonyl (C=O) groups excluding carboxylic acids is 1. The van der Waals surface area contributed by atoms with Crippen LogP contribution < -0.4 is 5.32 Å². The molecule has 130 valence electrons. The molecule has 0 fully saturated rings. The lowest BCUT2D eigenvalue weighted by molar-refractivity contribution is -0.140. The minimum absolute atomic E-state index is 0.118. The second-order valence-electron chi connectivity index (χ2n) is 6.56. The summed E-state index contributed by atoms with van der Waals surface area (Å²) in [7, 11) is 0. The Morgan fingerprint density at radius 1 is 1.12 bits per heavy atom. The maximum atomic E-state index is 12.0. The highest BCUT2D eigenvalue weighted by molar-refractivity contribution is 5.80. The number of hydrogen-bond donors (Lipinski definition) is 2. The first-order chi connectivity index (χ1) is 12.0. The van der Waals surface area contributed by atoms with Crippen LogP contribution in [-0.4, -0.2) is 23.2 Å². The van der Waals surface area contributed by atoms with Gasteiger partial charge >= 0.3 is 12.1 Å². The van der Waals surface area contributed by atoms with Gasteiger partial charge in [0.25, 0.3) is 0 Å². The molecule has 3 rings (SSSR count). The maximum absolute atomic E-state index is 12.0. The van der Waals surface area contributed by atoms with Gasteiger partial charge in [0, 0.05) is 0 Å². The molecule has 2 N–H and O–H groups in total. The van der Waals surface area contributed by atoms with E-state index in [1.165, 1.54) is 16.7 Å². The molecule has 1 aliphatic carbocycles. The van der Waals surface area contributed by atoms with Crippen molar-refractivity contribution in [3.8, 4) is 11.1 Å². The van der Waals surface area contributed by atoms with E-state index in [0.29, 0.717) is 0 Å². The van der Waals surface area contributed by atoms with Crippen LogP contribution in [0, 0.1) is 5.92 Å². The molecular formula is C20H21NO4. The normalized spacial score (nSPS) is 13.1. The van der Waals surface area contributed by atoms with Crippen LogP contribution in [0.15, 0.2) is 42.5 Å². The van der Waals surface area contributed by atoms with Gasteiger partial charge in [0.05, 0.1) is 0 Å². The summed E-state index contributed by atoms with van der Waals surface area (Å²) in [6.45, 7) is 3.59. The highest BCUT2D eigenvalue weighted by atomic mass is 16.5. The second-order valence-corrected chi connectivity index (χ2v) is 6.56. The fourth-order valence-corrected chi connectivity index (χ4v) is 3.18. The van der Waals surface area contributed by atoms with Gasteiger partial charge in [-0.1, -0.05) is 56.3 Å². The van der Waals surface area contributed by atoms with Crippen LogP contribution in [0.4, 0.5) is 4.79 Å². The molecule has 1 aliphatic rings. The molecule has 0 saturated carbocycles. The fourth-order valence-electron chi connectivity index (χ4n) is 3.18. The number of aliphatic carboxylic acids is 1. The molecule has 0 heterocycles. The summed E-state index contributed by atoms with van der Waals surface area (Å²) >= 11 is 0. The molecule has 2 aromatic carbocycles. The monoisotopic (exact) mass is 339 g/mol. The summed E-state index contributed by atoms with van der Waals surface area (Å²) in [5.74, 6) is -1.29. The van der Waals surface area contributed by atoms with E-state index in [1.54, 1.807) is 13.8 Å². The predicted octanol–water partition coefficient (Wildman–Crippen LogP) is 3.59. The average molecular weight is 339 g/mol. The number of rotatable bonds is 5. The first-order valence-electron chi connectivity index (χ1n) is 8.32. The van der Waals surface area contributed by atoms with Crippen molar-refractivity contribution in [2.75, 3.05) is 0 Å². The maximum Gasteiger partial charge on any atom is 0.408 e. The fraction of sp³-hybridized carbons (Fsp3) is 0.300. The Bertz CT molecular complexity index is 813. The van der Waals surface area contributed by atoms with E-state index in [-0.39, 0.29) is 12.5 Å². The number of nitrogens with one attached hydrogen (secondary N) is 1. The predicted molar refractivity (Wildman–Crippen MR) is 94.3 cm³/mol. The quantitative estimate of drug-likeness (QED) is 0.745. The van der Waals surface area contributed by atoms with Gasteiger partial charge in [-0.15, -0.1) is 0 Å². The number of carbonyl (C=O) groups is 2. The zero-order chi connectivity index (χ0) is 18.0. The molecule has 0 saturated heterocycles. The van der Waals surface area contributed by atoms with Gasteiger partial charge < -0.3 is 15.2 Å². The summed E-state index contributed by atoms with van der Waals surface area (Å²) < 4.78 is 5.27. The van der Waals surface area contributed by atoms with E-state index in [4.69, 9.17) is 9.84 Å². The van der Waals surface area contributed by atoms with E-state index in [1.807, 2.05) is 24.3 Å². The Kier molecular flexibility index (Phi) is 4.74. The van der Waals surface area contributed by atoms with Gasteiger partial charge in [0.2, 0.25) is 0 Å². The van der Waals surface area contributed by atoms with Crippen LogP contribution in [0.25, 0.3) is 11.1 Å². The topological polar surface area (TPSA) is 75.6 Å². The number of fused-ring (bicyclic) bond motifs is 3. The van der Waals surface area contributed by atoms with Gasteiger partial charge in [-0.05, 0) is 40.2 Å². The molecule has 5 nitrogen and oxygen atoms in total. The Morgan fingerprint density at radius 3 is 2.56 bits per heavy atom. The summed E-state index contributed by atoms with van der Waals surface area (Å²) in [6, 6.07) is 13.2. The molecule has 0 spiro atoms. The highest BCUT2D eigenvalue weighted by Gasteiger charge is 2.25. The van der Waals surface area contributed by atoms with Gasteiger partial charge in [-0.25, -0.2) is 9.59 Å². The van der Waals surface area contributed by atoms with Gasteiger partial charge in [-0.2, -0.15) is 0 Å². The molecule has 5 heteroatoms. The van der Waals surface area contributed by atoms with Crippen LogP contribution in [0.2, 0.25) is 0 Å². The lowest BCUT2D eigenvalue weighted by Crippen LogP contribution is -2.44. The molecule has 25 heavy (non-hydrogen) atoms. The first kappa shape index (κ1) is 17.0. The molecule has 0 aromatic heterocycles. The van der Waals surface area contributed by atoms with E-state index >= 15 is 0 Å². The van der Waals surface area contributed by atoms with Gasteiger partial charge in [0.15, 0.2) is 0 Å². The molecule has 2 aromatic rings. The Balaban J connectivity index is 1.69. The molecule has 0 radical (unpaired) electrons. The summed E-state index contributed by atoms with van der Waals surface area (Å²) in [4.78, 5) is 23.1. The van der Waals surface area contributed by atoms with Crippen LogP contribution in [0.3, 0.4) is 0 Å². The number of amides is 1. The molecule has 0 aliphatic heterocycles. The van der Waals surface area contributed by atoms with Crippen molar-refractivity contribution in [3.63, 3.8) is 0 Å². The van der Waals surface area contributed by atoms with Crippen molar-refractivity contribution >= 4 is 12.1 Å². The summed E-state index contributed by atoms with van der Waals surface area (Å²) in [5.41, 5.74) is 5.76. The lowest BCUT2D eigenvalue weighted by atomic mass is 10.0. The number of carboxylic acid groups (broad SMARTS) is 1. The molecule has 0 unspecified atom stereocenters. The van der Waals surface area contributed by atoms with Crippen molar-refractivity contribution in [2.45, 2.75) is 32.9 Å². The number of hydrogen-bond acceptors (Lipinski definition) is 3. The molecule has 1 atom stereocenters. The molecule has 1 amide bonds. The molecular weight excluding hydrogens is 318 g/mol. The third-order valence-electron chi connectivity index (χ3n) is 4.51. The zero-order valence-corrected chi connectivity index (χ0v) is 14.3. The van der Waals surface area contributed by atoms with E-state index in [9.17, 15) is 9.59 Å². The van der Waals surface area contributed by atoms with E-state index in [2.05, 4.69) is 23.5 Å². The third-order valence-corrected chi connectivity index (χ3v) is 4.51. The van der Waals surface area contributed by atoms with E-state index < -0.39 is 18.1 Å². The van der Waals surface area contributed by atoms with Crippen LogP contribution in [0.1, 0.15) is 30.5 Å². The first-order valence-corrected chi connectivity index (χ1v) is 8.32. The van der Waals surface area contributed by atoms with Crippen molar-refractivity contribution in [1.29, 1.82) is 0 Å². The minimum Gasteiger partial charge on any atom is -0.480 e. The van der Waals surface area contributed by atoms with E-state index in [0.717, 1.165) is 17.5 Å². The third kappa shape index (κ3) is 3.50. The van der Waals surface area contributed by atoms with Crippen LogP contribution in [0.5, 0.6) is 0 Å². The lowest BCUT2D eigenvalue weighted by Gasteiger charge is -2.18. The van der Waals surface area contributed by atoms with Gasteiger partial charge in [0.1, 0.15) is 12.6 Å². The standard InChI is InChI=1S/C20H21NO4/c1-12(2)18(19(22)23)21-20(24)25-11-14-7-5-9-16-15-8-4-3-6-13(15)10-17(14)16/h3-9,12,18H,10-11H2,1-2H3,(H,21,24)(H,22,23)/t18-/m1/s1. The Labute approximate surface area is 146 Å². The highest BCUT2D eigenvalue weighted by Crippen LogP contribution is 2.38. The van der Waals surface area contributed by atoms with Crippen LogP contribution >= 0.6 is 0 Å². The summed E-state index contributed by atoms with van der Waals surface area (Å²) in [6.07, 6.45) is 0.102. The van der Waals surface area contributed by atoms with Crippen molar-refractivity contribution in [1.82, 2.24) is 5.32 Å². The van der Waals surface area contributed by atoms with Crippen molar-refractivity contribution in [2.24, 2.45) is 5.92 Å². The Hall–Kier alpha value is -2.82. The number of benzene rings is 2. The smallest absolute Gasteiger partial charge is 0.408 e. The zero-order valence-electron chi connectivity index (χ0n) is 14.3. The molecule has 0 bridgehead atoms. The average Bonchev–Trinajstić information content (AvgIpc) is 2.96. The van der Waals surface area contributed by atoms with Crippen molar-refractivity contribution in [3.05, 3.63) is 59.2 Å². The summed E-state index contributed by atoms with van der Waals surface area (Å²) in [5, 5.41) is 11.5. The second kappa shape index (κ2) is 6.97. The SMILES string of the molecule is CC(C)[C@@H](NC(=O)OCc1cccc2c1Cc1ccccc1-2)C(=O)O.